The molecule has 0 spiro atoms. The summed E-state index contributed by atoms with van der Waals surface area (Å²) in [6.07, 6.45) is 1.39. The summed E-state index contributed by atoms with van der Waals surface area (Å²) in [5, 5.41) is 14.0. The van der Waals surface area contributed by atoms with Gasteiger partial charge in [-0.1, -0.05) is 41.9 Å². The van der Waals surface area contributed by atoms with Gasteiger partial charge < -0.3 is 9.73 Å². The van der Waals surface area contributed by atoms with E-state index in [1.54, 1.807) is 12.1 Å². The number of halogens is 1. The van der Waals surface area contributed by atoms with Crippen LogP contribution in [0.5, 0.6) is 0 Å². The van der Waals surface area contributed by atoms with Crippen molar-refractivity contribution in [2.24, 2.45) is 0 Å². The standard InChI is InChI=1S/C21H14ClN3O5/c22-14-6-8-16(18(10-14)25(28)29)19-9-7-15(30-19)11-17-20(26)24(21(27)23-17)12-13-4-2-1-3-5-13/h1-11H,12H2,(H,23,27)/b17-11+. The van der Waals surface area contributed by atoms with Crippen LogP contribution < -0.4 is 5.32 Å². The lowest BCUT2D eigenvalue weighted by atomic mass is 10.1. The number of carbonyl (C=O) groups is 2. The third kappa shape index (κ3) is 3.81. The number of benzene rings is 2. The fourth-order valence-corrected chi connectivity index (χ4v) is 3.23. The van der Waals surface area contributed by atoms with Crippen molar-refractivity contribution in [3.63, 3.8) is 0 Å². The zero-order valence-corrected chi connectivity index (χ0v) is 16.1. The summed E-state index contributed by atoms with van der Waals surface area (Å²) in [6.45, 7) is 0.142. The average molecular weight is 424 g/mol. The Balaban J connectivity index is 1.58. The van der Waals surface area contributed by atoms with E-state index in [4.69, 9.17) is 16.0 Å². The highest BCUT2D eigenvalue weighted by atomic mass is 35.5. The summed E-state index contributed by atoms with van der Waals surface area (Å²) in [5.74, 6) is 0.0156. The molecular formula is C21H14ClN3O5. The van der Waals surface area contributed by atoms with E-state index in [0.717, 1.165) is 10.5 Å². The molecule has 150 valence electrons. The van der Waals surface area contributed by atoms with Crippen molar-refractivity contribution in [3.05, 3.63) is 92.8 Å². The fraction of sp³-hybridized carbons (Fsp3) is 0.0476. The molecule has 1 aromatic heterocycles. The predicted octanol–water partition coefficient (Wildman–Crippen LogP) is 4.60. The molecule has 1 saturated heterocycles. The second-order valence-electron chi connectivity index (χ2n) is 6.49. The molecule has 0 aliphatic carbocycles. The van der Waals surface area contributed by atoms with Crippen molar-refractivity contribution in [2.45, 2.75) is 6.54 Å². The molecule has 3 aromatic rings. The van der Waals surface area contributed by atoms with Crippen molar-refractivity contribution in [2.75, 3.05) is 0 Å². The summed E-state index contributed by atoms with van der Waals surface area (Å²) >= 11 is 5.84. The lowest BCUT2D eigenvalue weighted by molar-refractivity contribution is -0.384. The molecule has 0 saturated carbocycles. The first-order valence-corrected chi connectivity index (χ1v) is 9.23. The topological polar surface area (TPSA) is 106 Å². The van der Waals surface area contributed by atoms with Crippen LogP contribution in [0.4, 0.5) is 10.5 Å². The number of nitro benzene ring substituents is 1. The first kappa shape index (κ1) is 19.4. The molecule has 1 aliphatic heterocycles. The average Bonchev–Trinajstić information content (AvgIpc) is 3.29. The Kier molecular flexibility index (Phi) is 5.07. The summed E-state index contributed by atoms with van der Waals surface area (Å²) < 4.78 is 5.65. The molecule has 2 heterocycles. The molecule has 8 nitrogen and oxygen atoms in total. The molecule has 9 heteroatoms. The minimum absolute atomic E-state index is 0.0578. The first-order valence-electron chi connectivity index (χ1n) is 8.85. The van der Waals surface area contributed by atoms with E-state index in [2.05, 4.69) is 5.32 Å². The van der Waals surface area contributed by atoms with Gasteiger partial charge in [0.25, 0.3) is 11.6 Å². The highest BCUT2D eigenvalue weighted by Gasteiger charge is 2.33. The van der Waals surface area contributed by atoms with Crippen LogP contribution in [-0.2, 0) is 11.3 Å². The number of rotatable bonds is 5. The Labute approximate surface area is 175 Å². The molecule has 0 atom stereocenters. The number of carbonyl (C=O) groups excluding carboxylic acids is 2. The number of hydrogen-bond donors (Lipinski definition) is 1. The lowest BCUT2D eigenvalue weighted by Crippen LogP contribution is -2.30. The first-order chi connectivity index (χ1) is 14.4. The van der Waals surface area contributed by atoms with Crippen LogP contribution in [-0.4, -0.2) is 21.8 Å². The number of urea groups is 1. The van der Waals surface area contributed by atoms with Gasteiger partial charge in [-0.2, -0.15) is 0 Å². The van der Waals surface area contributed by atoms with E-state index < -0.39 is 16.9 Å². The van der Waals surface area contributed by atoms with E-state index in [0.29, 0.717) is 0 Å². The van der Waals surface area contributed by atoms with Crippen LogP contribution in [0.3, 0.4) is 0 Å². The Morgan fingerprint density at radius 2 is 1.87 bits per heavy atom. The molecule has 4 rings (SSSR count). The Morgan fingerprint density at radius 3 is 2.60 bits per heavy atom. The summed E-state index contributed by atoms with van der Waals surface area (Å²) in [6, 6.07) is 15.9. The molecule has 1 aliphatic rings. The van der Waals surface area contributed by atoms with Gasteiger partial charge in [0.05, 0.1) is 17.0 Å². The molecule has 3 amide bonds. The number of amides is 3. The van der Waals surface area contributed by atoms with E-state index in [1.165, 1.54) is 24.3 Å². The maximum Gasteiger partial charge on any atom is 0.329 e. The van der Waals surface area contributed by atoms with Gasteiger partial charge in [-0.15, -0.1) is 0 Å². The van der Waals surface area contributed by atoms with Gasteiger partial charge in [0, 0.05) is 17.2 Å². The monoisotopic (exact) mass is 423 g/mol. The van der Waals surface area contributed by atoms with E-state index in [-0.39, 0.29) is 40.0 Å². The van der Waals surface area contributed by atoms with Gasteiger partial charge >= 0.3 is 6.03 Å². The van der Waals surface area contributed by atoms with Crippen LogP contribution in [0, 0.1) is 10.1 Å². The van der Waals surface area contributed by atoms with Crippen LogP contribution in [0.1, 0.15) is 11.3 Å². The maximum absolute atomic E-state index is 12.6. The summed E-state index contributed by atoms with van der Waals surface area (Å²) in [5.41, 5.74) is 0.928. The third-order valence-corrected chi connectivity index (χ3v) is 4.72. The Bertz CT molecular complexity index is 1190. The molecule has 0 bridgehead atoms. The minimum Gasteiger partial charge on any atom is -0.456 e. The van der Waals surface area contributed by atoms with Crippen molar-refractivity contribution in [1.82, 2.24) is 10.2 Å². The van der Waals surface area contributed by atoms with Gasteiger partial charge in [0.1, 0.15) is 17.2 Å². The highest BCUT2D eigenvalue weighted by Crippen LogP contribution is 2.33. The van der Waals surface area contributed by atoms with Crippen LogP contribution in [0.15, 0.2) is 70.8 Å². The van der Waals surface area contributed by atoms with Gasteiger partial charge in [-0.25, -0.2) is 4.79 Å². The molecule has 0 unspecified atom stereocenters. The zero-order chi connectivity index (χ0) is 21.3. The van der Waals surface area contributed by atoms with Crippen molar-refractivity contribution >= 4 is 35.3 Å². The number of nitro groups is 1. The summed E-state index contributed by atoms with van der Waals surface area (Å²) in [4.78, 5) is 36.6. The van der Waals surface area contributed by atoms with Crippen LogP contribution >= 0.6 is 11.6 Å². The van der Waals surface area contributed by atoms with Crippen molar-refractivity contribution < 1.29 is 18.9 Å². The number of nitrogens with zero attached hydrogens (tertiary/aromatic N) is 2. The normalized spacial score (nSPS) is 15.0. The zero-order valence-electron chi connectivity index (χ0n) is 15.4. The third-order valence-electron chi connectivity index (χ3n) is 4.48. The van der Waals surface area contributed by atoms with E-state index >= 15 is 0 Å². The van der Waals surface area contributed by atoms with Gasteiger partial charge in [0.15, 0.2) is 0 Å². The lowest BCUT2D eigenvalue weighted by Gasteiger charge is -2.11. The van der Waals surface area contributed by atoms with Gasteiger partial charge in [-0.3, -0.25) is 19.8 Å². The molecule has 1 fully saturated rings. The Hall–Kier alpha value is -3.91. The van der Waals surface area contributed by atoms with Crippen LogP contribution in [0.2, 0.25) is 5.02 Å². The second-order valence-corrected chi connectivity index (χ2v) is 6.92. The predicted molar refractivity (Wildman–Crippen MR) is 109 cm³/mol. The van der Waals surface area contributed by atoms with E-state index in [1.807, 2.05) is 30.3 Å². The smallest absolute Gasteiger partial charge is 0.329 e. The summed E-state index contributed by atoms with van der Waals surface area (Å²) in [7, 11) is 0. The Morgan fingerprint density at radius 1 is 1.10 bits per heavy atom. The minimum atomic E-state index is -0.552. The number of furan rings is 1. The number of imide groups is 1. The quantitative estimate of drug-likeness (QED) is 0.279. The molecule has 30 heavy (non-hydrogen) atoms. The molecule has 0 radical (unpaired) electrons. The maximum atomic E-state index is 12.6. The SMILES string of the molecule is O=C1N/C(=C/c2ccc(-c3ccc(Cl)cc3[N+](=O)[O-])o2)C(=O)N1Cc1ccccc1. The number of nitrogens with one attached hydrogen (secondary N) is 1. The number of hydrogen-bond acceptors (Lipinski definition) is 5. The molecular weight excluding hydrogens is 410 g/mol. The van der Waals surface area contributed by atoms with Crippen molar-refractivity contribution in [1.29, 1.82) is 0 Å². The molecule has 1 N–H and O–H groups in total. The highest BCUT2D eigenvalue weighted by molar-refractivity contribution is 6.30. The van der Waals surface area contributed by atoms with Crippen LogP contribution in [0.25, 0.3) is 17.4 Å². The second kappa shape index (κ2) is 7.84. The van der Waals surface area contributed by atoms with Gasteiger partial charge in [0.2, 0.25) is 0 Å². The van der Waals surface area contributed by atoms with E-state index in [9.17, 15) is 19.7 Å². The van der Waals surface area contributed by atoms with Crippen molar-refractivity contribution in [3.8, 4) is 11.3 Å². The van der Waals surface area contributed by atoms with Gasteiger partial charge in [-0.05, 0) is 29.8 Å². The fourth-order valence-electron chi connectivity index (χ4n) is 3.06. The largest absolute Gasteiger partial charge is 0.456 e. The molecule has 2 aromatic carbocycles.